The van der Waals surface area contributed by atoms with Crippen LogP contribution in [0, 0.1) is 11.3 Å². The Morgan fingerprint density at radius 2 is 2.28 bits per heavy atom. The van der Waals surface area contributed by atoms with E-state index in [-0.39, 0.29) is 5.12 Å². The standard InChI is InChI=1S/C12H14N2O3S/c1-8(15)18-3-2-11(16)12(17)10-4-9(5-13)6-14-7-10/h4,6-7,11-12,16-17H,2-3H2,1H3. The van der Waals surface area contributed by atoms with Gasteiger partial charge in [0.25, 0.3) is 0 Å². The molecule has 0 fully saturated rings. The summed E-state index contributed by atoms with van der Waals surface area (Å²) >= 11 is 1.10. The lowest BCUT2D eigenvalue weighted by Crippen LogP contribution is -2.19. The van der Waals surface area contributed by atoms with Crippen LogP contribution in [0.2, 0.25) is 0 Å². The van der Waals surface area contributed by atoms with E-state index < -0.39 is 12.2 Å². The molecule has 0 radical (unpaired) electrons. The van der Waals surface area contributed by atoms with E-state index >= 15 is 0 Å². The van der Waals surface area contributed by atoms with Crippen molar-refractivity contribution in [3.8, 4) is 6.07 Å². The summed E-state index contributed by atoms with van der Waals surface area (Å²) in [7, 11) is 0. The van der Waals surface area contributed by atoms with Gasteiger partial charge in [0.15, 0.2) is 5.12 Å². The van der Waals surface area contributed by atoms with Crippen LogP contribution in [0.4, 0.5) is 0 Å². The van der Waals surface area contributed by atoms with Crippen LogP contribution in [0.5, 0.6) is 0 Å². The van der Waals surface area contributed by atoms with E-state index in [1.165, 1.54) is 25.4 Å². The Labute approximate surface area is 109 Å². The van der Waals surface area contributed by atoms with Crippen LogP contribution in [0.25, 0.3) is 0 Å². The van der Waals surface area contributed by atoms with Crippen LogP contribution in [0.1, 0.15) is 30.6 Å². The van der Waals surface area contributed by atoms with Gasteiger partial charge in [-0.05, 0) is 12.5 Å². The Morgan fingerprint density at radius 1 is 1.56 bits per heavy atom. The zero-order valence-corrected chi connectivity index (χ0v) is 10.7. The van der Waals surface area contributed by atoms with E-state index in [1.54, 1.807) is 0 Å². The first kappa shape index (κ1) is 14.6. The van der Waals surface area contributed by atoms with Crippen molar-refractivity contribution in [1.82, 2.24) is 4.98 Å². The first-order valence-corrected chi connectivity index (χ1v) is 6.37. The van der Waals surface area contributed by atoms with Gasteiger partial charge in [0.1, 0.15) is 12.2 Å². The molecule has 0 aromatic carbocycles. The first-order chi connectivity index (χ1) is 8.54. The minimum Gasteiger partial charge on any atom is -0.390 e. The number of aliphatic hydroxyl groups excluding tert-OH is 2. The summed E-state index contributed by atoms with van der Waals surface area (Å²) in [4.78, 5) is 14.5. The van der Waals surface area contributed by atoms with E-state index in [4.69, 9.17) is 5.26 Å². The summed E-state index contributed by atoms with van der Waals surface area (Å²) in [5.41, 5.74) is 0.728. The third-order valence-electron chi connectivity index (χ3n) is 2.31. The van der Waals surface area contributed by atoms with E-state index in [1.807, 2.05) is 6.07 Å². The number of carbonyl (C=O) groups excluding carboxylic acids is 1. The zero-order chi connectivity index (χ0) is 13.5. The number of rotatable bonds is 5. The molecule has 96 valence electrons. The van der Waals surface area contributed by atoms with Gasteiger partial charge in [0.05, 0.1) is 11.7 Å². The van der Waals surface area contributed by atoms with Gasteiger partial charge in [-0.1, -0.05) is 11.8 Å². The van der Waals surface area contributed by atoms with Crippen LogP contribution < -0.4 is 0 Å². The van der Waals surface area contributed by atoms with Crippen molar-refractivity contribution in [2.75, 3.05) is 5.75 Å². The van der Waals surface area contributed by atoms with E-state index in [0.29, 0.717) is 23.3 Å². The second-order valence-electron chi connectivity index (χ2n) is 3.76. The minimum atomic E-state index is -1.10. The molecule has 0 saturated carbocycles. The third kappa shape index (κ3) is 4.45. The summed E-state index contributed by atoms with van der Waals surface area (Å²) < 4.78 is 0. The minimum absolute atomic E-state index is 0.0233. The van der Waals surface area contributed by atoms with Gasteiger partial charge in [0, 0.05) is 30.6 Å². The molecule has 5 nitrogen and oxygen atoms in total. The molecule has 0 aliphatic rings. The number of pyridine rings is 1. The predicted octanol–water partition coefficient (Wildman–Crippen LogP) is 1.02. The highest BCUT2D eigenvalue weighted by Crippen LogP contribution is 2.20. The molecule has 0 saturated heterocycles. The molecule has 1 aromatic heterocycles. The lowest BCUT2D eigenvalue weighted by molar-refractivity contribution is -0.109. The lowest BCUT2D eigenvalue weighted by Gasteiger charge is -2.17. The van der Waals surface area contributed by atoms with Crippen molar-refractivity contribution in [1.29, 1.82) is 5.26 Å². The molecule has 6 heteroatoms. The second-order valence-corrected chi connectivity index (χ2v) is 5.03. The summed E-state index contributed by atoms with van der Waals surface area (Å²) in [6.45, 7) is 1.45. The number of carbonyl (C=O) groups is 1. The van der Waals surface area contributed by atoms with Gasteiger partial charge in [-0.25, -0.2) is 0 Å². The van der Waals surface area contributed by atoms with Gasteiger partial charge in [-0.15, -0.1) is 0 Å². The average molecular weight is 266 g/mol. The number of nitrogens with zero attached hydrogens (tertiary/aromatic N) is 2. The maximum atomic E-state index is 10.7. The van der Waals surface area contributed by atoms with Crippen LogP contribution in [0.15, 0.2) is 18.5 Å². The topological polar surface area (TPSA) is 94.2 Å². The zero-order valence-electron chi connectivity index (χ0n) is 9.91. The number of aliphatic hydroxyl groups is 2. The van der Waals surface area contributed by atoms with Crippen molar-refractivity contribution >= 4 is 16.9 Å². The van der Waals surface area contributed by atoms with Gasteiger partial charge >= 0.3 is 0 Å². The highest BCUT2D eigenvalue weighted by Gasteiger charge is 2.19. The lowest BCUT2D eigenvalue weighted by atomic mass is 10.0. The summed E-state index contributed by atoms with van der Waals surface area (Å²) in [5.74, 6) is 0.443. The fraction of sp³-hybridized carbons (Fsp3) is 0.417. The van der Waals surface area contributed by atoms with Gasteiger partial charge in [-0.2, -0.15) is 5.26 Å². The number of aromatic nitrogens is 1. The normalized spacial score (nSPS) is 13.7. The fourth-order valence-electron chi connectivity index (χ4n) is 1.38. The summed E-state index contributed by atoms with van der Waals surface area (Å²) in [6.07, 6.45) is 1.01. The predicted molar refractivity (Wildman–Crippen MR) is 67.7 cm³/mol. The maximum Gasteiger partial charge on any atom is 0.185 e. The van der Waals surface area contributed by atoms with Crippen molar-refractivity contribution in [2.45, 2.75) is 25.6 Å². The molecule has 2 N–H and O–H groups in total. The Bertz CT molecular complexity index is 459. The van der Waals surface area contributed by atoms with Crippen molar-refractivity contribution in [2.24, 2.45) is 0 Å². The molecule has 0 bridgehead atoms. The molecule has 18 heavy (non-hydrogen) atoms. The number of nitriles is 1. The van der Waals surface area contributed by atoms with Gasteiger partial charge in [0.2, 0.25) is 0 Å². The monoisotopic (exact) mass is 266 g/mol. The molecule has 0 spiro atoms. The fourth-order valence-corrected chi connectivity index (χ4v) is 2.03. The van der Waals surface area contributed by atoms with Gasteiger partial charge < -0.3 is 10.2 Å². The highest BCUT2D eigenvalue weighted by atomic mass is 32.2. The quantitative estimate of drug-likeness (QED) is 0.826. The van der Waals surface area contributed by atoms with E-state index in [2.05, 4.69) is 4.98 Å². The second kappa shape index (κ2) is 7.11. The van der Waals surface area contributed by atoms with E-state index in [0.717, 1.165) is 11.8 Å². The molecular formula is C12H14N2O3S. The van der Waals surface area contributed by atoms with Crippen molar-refractivity contribution < 1.29 is 15.0 Å². The molecule has 2 atom stereocenters. The van der Waals surface area contributed by atoms with Crippen molar-refractivity contribution in [3.05, 3.63) is 29.6 Å². The number of hydrogen-bond acceptors (Lipinski definition) is 6. The Hall–Kier alpha value is -1.42. The van der Waals surface area contributed by atoms with Crippen LogP contribution in [-0.2, 0) is 4.79 Å². The van der Waals surface area contributed by atoms with Gasteiger partial charge in [-0.3, -0.25) is 9.78 Å². The SMILES string of the molecule is CC(=O)SCCC(O)C(O)c1cncc(C#N)c1. The molecule has 0 amide bonds. The third-order valence-corrected chi connectivity index (χ3v) is 3.16. The van der Waals surface area contributed by atoms with E-state index in [9.17, 15) is 15.0 Å². The van der Waals surface area contributed by atoms with Crippen LogP contribution in [-0.4, -0.2) is 32.2 Å². The first-order valence-electron chi connectivity index (χ1n) is 5.39. The highest BCUT2D eigenvalue weighted by molar-refractivity contribution is 8.13. The molecular weight excluding hydrogens is 252 g/mol. The largest absolute Gasteiger partial charge is 0.390 e. The Kier molecular flexibility index (Phi) is 5.78. The summed E-state index contributed by atoms with van der Waals surface area (Å²) in [6, 6.07) is 3.40. The van der Waals surface area contributed by atoms with Crippen LogP contribution in [0.3, 0.4) is 0 Å². The molecule has 0 aliphatic heterocycles. The summed E-state index contributed by atoms with van der Waals surface area (Å²) in [5, 5.41) is 28.3. The average Bonchev–Trinajstić information content (AvgIpc) is 2.37. The molecule has 1 heterocycles. The van der Waals surface area contributed by atoms with Crippen LogP contribution >= 0.6 is 11.8 Å². The molecule has 2 unspecified atom stereocenters. The molecule has 1 rings (SSSR count). The maximum absolute atomic E-state index is 10.7. The number of hydrogen-bond donors (Lipinski definition) is 2. The Morgan fingerprint density at radius 3 is 2.89 bits per heavy atom. The molecule has 0 aliphatic carbocycles. The number of thioether (sulfide) groups is 1. The van der Waals surface area contributed by atoms with Crippen molar-refractivity contribution in [3.63, 3.8) is 0 Å². The molecule has 1 aromatic rings. The smallest absolute Gasteiger partial charge is 0.185 e. The Balaban J connectivity index is 2.59.